The van der Waals surface area contributed by atoms with Crippen LogP contribution in [0.2, 0.25) is 0 Å². The smallest absolute Gasteiger partial charge is 0.315 e. The van der Waals surface area contributed by atoms with Gasteiger partial charge in [0, 0.05) is 19.0 Å². The Bertz CT molecular complexity index is 327. The van der Waals surface area contributed by atoms with Crippen molar-refractivity contribution in [1.82, 2.24) is 10.6 Å². The molecular weight excluding hydrogens is 256 g/mol. The minimum atomic E-state index is -0.806. The molecule has 0 radical (unpaired) electrons. The van der Waals surface area contributed by atoms with Crippen LogP contribution in [0.15, 0.2) is 0 Å². The van der Waals surface area contributed by atoms with E-state index in [1.165, 1.54) is 12.8 Å². The summed E-state index contributed by atoms with van der Waals surface area (Å²) < 4.78 is 0. The van der Waals surface area contributed by atoms with Crippen LogP contribution in [0.25, 0.3) is 0 Å². The van der Waals surface area contributed by atoms with Crippen molar-refractivity contribution in [2.45, 2.75) is 58.9 Å². The number of nitrogens with one attached hydrogen (secondary N) is 2. The van der Waals surface area contributed by atoms with Crippen LogP contribution < -0.4 is 10.6 Å². The van der Waals surface area contributed by atoms with Crippen molar-refractivity contribution >= 4 is 12.0 Å². The van der Waals surface area contributed by atoms with Crippen LogP contribution in [-0.2, 0) is 4.79 Å². The topological polar surface area (TPSA) is 78.4 Å². The Labute approximate surface area is 121 Å². The fourth-order valence-corrected chi connectivity index (χ4v) is 2.58. The third-order valence-corrected chi connectivity index (χ3v) is 3.58. The fraction of sp³-hybridized carbons (Fsp3) is 0.867. The number of hydrogen-bond donors (Lipinski definition) is 3. The van der Waals surface area contributed by atoms with Crippen LogP contribution in [0.3, 0.4) is 0 Å². The van der Waals surface area contributed by atoms with Crippen LogP contribution >= 0.6 is 0 Å². The molecule has 0 aliphatic heterocycles. The summed E-state index contributed by atoms with van der Waals surface area (Å²) in [6.07, 6.45) is 4.52. The highest BCUT2D eigenvalue weighted by atomic mass is 16.4. The maximum atomic E-state index is 11.8. The Morgan fingerprint density at radius 2 is 1.90 bits per heavy atom. The van der Waals surface area contributed by atoms with Gasteiger partial charge in [0.1, 0.15) is 0 Å². The largest absolute Gasteiger partial charge is 0.481 e. The van der Waals surface area contributed by atoms with Gasteiger partial charge in [-0.1, -0.05) is 26.7 Å². The molecule has 0 bridgehead atoms. The number of carboxylic acids is 1. The summed E-state index contributed by atoms with van der Waals surface area (Å²) in [5.41, 5.74) is 0. The second-order valence-corrected chi connectivity index (χ2v) is 6.53. The van der Waals surface area contributed by atoms with Crippen molar-refractivity contribution in [3.05, 3.63) is 0 Å². The first-order valence-electron chi connectivity index (χ1n) is 7.63. The van der Waals surface area contributed by atoms with E-state index in [0.29, 0.717) is 12.5 Å². The Balaban J connectivity index is 2.25. The molecule has 2 unspecified atom stereocenters. The molecule has 0 spiro atoms. The van der Waals surface area contributed by atoms with E-state index in [1.807, 2.05) is 6.92 Å². The lowest BCUT2D eigenvalue weighted by atomic mass is 9.94. The Kier molecular flexibility index (Phi) is 6.82. The normalized spacial score (nSPS) is 17.6. The first-order valence-corrected chi connectivity index (χ1v) is 7.63. The van der Waals surface area contributed by atoms with Crippen molar-refractivity contribution < 1.29 is 14.7 Å². The van der Waals surface area contributed by atoms with E-state index in [2.05, 4.69) is 24.5 Å². The monoisotopic (exact) mass is 284 g/mol. The molecule has 116 valence electrons. The number of carbonyl (C=O) groups is 2. The zero-order valence-electron chi connectivity index (χ0n) is 12.8. The van der Waals surface area contributed by atoms with Crippen LogP contribution in [0, 0.1) is 17.8 Å². The minimum absolute atomic E-state index is 0.00279. The summed E-state index contributed by atoms with van der Waals surface area (Å²) in [6.45, 7) is 6.56. The van der Waals surface area contributed by atoms with Crippen molar-refractivity contribution in [1.29, 1.82) is 0 Å². The summed E-state index contributed by atoms with van der Waals surface area (Å²) in [5.74, 6) is 0.404. The van der Waals surface area contributed by atoms with E-state index in [4.69, 9.17) is 5.11 Å². The second kappa shape index (κ2) is 8.12. The molecule has 0 aromatic rings. The first kappa shape index (κ1) is 16.8. The highest BCUT2D eigenvalue weighted by Gasteiger charge is 2.24. The third-order valence-electron chi connectivity index (χ3n) is 3.58. The van der Waals surface area contributed by atoms with Gasteiger partial charge in [0.05, 0.1) is 0 Å². The Morgan fingerprint density at radius 3 is 2.40 bits per heavy atom. The van der Waals surface area contributed by atoms with E-state index in [1.54, 1.807) is 0 Å². The molecule has 20 heavy (non-hydrogen) atoms. The number of carbonyl (C=O) groups excluding carboxylic acids is 1. The molecule has 2 atom stereocenters. The number of urea groups is 1. The van der Waals surface area contributed by atoms with Gasteiger partial charge >= 0.3 is 12.0 Å². The van der Waals surface area contributed by atoms with Gasteiger partial charge in [-0.25, -0.2) is 4.79 Å². The fourth-order valence-electron chi connectivity index (χ4n) is 2.58. The molecule has 5 heteroatoms. The second-order valence-electron chi connectivity index (χ2n) is 6.53. The average molecular weight is 284 g/mol. The van der Waals surface area contributed by atoms with Gasteiger partial charge in [0.2, 0.25) is 0 Å². The number of rotatable bonds is 9. The van der Waals surface area contributed by atoms with Gasteiger partial charge in [-0.15, -0.1) is 0 Å². The highest BCUT2D eigenvalue weighted by Crippen LogP contribution is 2.33. The molecule has 1 aliphatic rings. The number of amides is 2. The van der Waals surface area contributed by atoms with E-state index in [9.17, 15) is 9.59 Å². The molecule has 1 fully saturated rings. The van der Waals surface area contributed by atoms with Gasteiger partial charge in [-0.2, -0.15) is 0 Å². The van der Waals surface area contributed by atoms with Gasteiger partial charge in [0.15, 0.2) is 0 Å². The molecule has 0 heterocycles. The van der Waals surface area contributed by atoms with Crippen molar-refractivity contribution in [2.75, 3.05) is 6.54 Å². The molecule has 1 aliphatic carbocycles. The molecule has 2 amide bonds. The zero-order chi connectivity index (χ0) is 15.1. The lowest BCUT2D eigenvalue weighted by molar-refractivity contribution is -0.138. The van der Waals surface area contributed by atoms with E-state index >= 15 is 0 Å². The summed E-state index contributed by atoms with van der Waals surface area (Å²) in [7, 11) is 0. The Hall–Kier alpha value is -1.26. The van der Waals surface area contributed by atoms with E-state index in [0.717, 1.165) is 18.8 Å². The predicted octanol–water partition coefficient (Wildman–Crippen LogP) is 2.61. The maximum absolute atomic E-state index is 11.8. The van der Waals surface area contributed by atoms with Gasteiger partial charge in [-0.05, 0) is 37.5 Å². The summed E-state index contributed by atoms with van der Waals surface area (Å²) in [5, 5.41) is 14.6. The van der Waals surface area contributed by atoms with E-state index in [-0.39, 0.29) is 24.4 Å². The summed E-state index contributed by atoms with van der Waals surface area (Å²) in [6, 6.07) is 0.00261. The molecule has 1 saturated carbocycles. The lowest BCUT2D eigenvalue weighted by Gasteiger charge is -2.19. The van der Waals surface area contributed by atoms with Crippen molar-refractivity contribution in [3.8, 4) is 0 Å². The number of hydrogen-bond acceptors (Lipinski definition) is 2. The van der Waals surface area contributed by atoms with Gasteiger partial charge in [-0.3, -0.25) is 4.79 Å². The summed E-state index contributed by atoms with van der Waals surface area (Å²) >= 11 is 0. The average Bonchev–Trinajstić information content (AvgIpc) is 3.08. The predicted molar refractivity (Wildman–Crippen MR) is 78.5 cm³/mol. The number of carboxylic acid groups (broad SMARTS) is 1. The van der Waals surface area contributed by atoms with Crippen molar-refractivity contribution in [3.63, 3.8) is 0 Å². The highest BCUT2D eigenvalue weighted by molar-refractivity contribution is 5.74. The number of aliphatic carboxylic acids is 1. The van der Waals surface area contributed by atoms with E-state index < -0.39 is 5.97 Å². The maximum Gasteiger partial charge on any atom is 0.315 e. The molecule has 0 aromatic heterocycles. The third kappa shape index (κ3) is 8.02. The van der Waals surface area contributed by atoms with Crippen LogP contribution in [0.4, 0.5) is 4.79 Å². The first-order chi connectivity index (χ1) is 9.36. The van der Waals surface area contributed by atoms with Crippen LogP contribution in [0.1, 0.15) is 52.9 Å². The molecular formula is C15H28N2O3. The quantitative estimate of drug-likeness (QED) is 0.609. The molecule has 0 saturated heterocycles. The molecule has 1 rings (SSSR count). The van der Waals surface area contributed by atoms with Gasteiger partial charge < -0.3 is 15.7 Å². The molecule has 3 N–H and O–H groups in total. The molecule has 5 nitrogen and oxygen atoms in total. The SMILES string of the molecule is CC(C)CC(CNC(=O)NC(C)CC1CC1)CC(=O)O. The summed E-state index contributed by atoms with van der Waals surface area (Å²) in [4.78, 5) is 22.6. The van der Waals surface area contributed by atoms with Crippen LogP contribution in [-0.4, -0.2) is 29.7 Å². The van der Waals surface area contributed by atoms with Gasteiger partial charge in [0.25, 0.3) is 0 Å². The Morgan fingerprint density at radius 1 is 1.25 bits per heavy atom. The van der Waals surface area contributed by atoms with Crippen molar-refractivity contribution in [2.24, 2.45) is 17.8 Å². The molecule has 0 aromatic carbocycles. The lowest BCUT2D eigenvalue weighted by Crippen LogP contribution is -2.43. The standard InChI is InChI=1S/C15H28N2O3/c1-10(2)6-13(8-14(18)19)9-16-15(20)17-11(3)7-12-4-5-12/h10-13H,4-9H2,1-3H3,(H,18,19)(H2,16,17,20). The zero-order valence-corrected chi connectivity index (χ0v) is 12.8. The van der Waals surface area contributed by atoms with Crippen LogP contribution in [0.5, 0.6) is 0 Å². The minimum Gasteiger partial charge on any atom is -0.481 e.